The monoisotopic (exact) mass is 723 g/mol. The number of aryl methyl sites for hydroxylation is 1. The highest BCUT2D eigenvalue weighted by Gasteiger charge is 2.48. The number of anilines is 2. The normalized spacial score (nSPS) is 27.2. The van der Waals surface area contributed by atoms with Crippen molar-refractivity contribution in [1.82, 2.24) is 14.7 Å². The van der Waals surface area contributed by atoms with Crippen LogP contribution in [0.3, 0.4) is 0 Å². The fraction of sp³-hybridized carbons (Fsp3) is 0.514. The van der Waals surface area contributed by atoms with Gasteiger partial charge in [-0.3, -0.25) is 9.59 Å². The number of hydrogen-bond acceptors (Lipinski definition) is 9. The molecule has 2 bridgehead atoms. The first-order chi connectivity index (χ1) is 23.9. The zero-order chi connectivity index (χ0) is 35.5. The molecule has 50 heavy (non-hydrogen) atoms. The van der Waals surface area contributed by atoms with Crippen LogP contribution in [0.1, 0.15) is 86.7 Å². The molecule has 3 aliphatic rings. The summed E-state index contributed by atoms with van der Waals surface area (Å²) in [4.78, 5) is 37.1. The lowest BCUT2D eigenvalue weighted by Gasteiger charge is -2.49. The lowest BCUT2D eigenvalue weighted by molar-refractivity contribution is -0.132. The lowest BCUT2D eigenvalue weighted by Crippen LogP contribution is -2.52. The summed E-state index contributed by atoms with van der Waals surface area (Å²) >= 11 is 6.35. The molecule has 3 heterocycles. The topological polar surface area (TPSA) is 151 Å². The third-order valence-electron chi connectivity index (χ3n) is 10.9. The fourth-order valence-corrected chi connectivity index (χ4v) is 9.15. The van der Waals surface area contributed by atoms with Gasteiger partial charge in [0.15, 0.2) is 0 Å². The van der Waals surface area contributed by atoms with Gasteiger partial charge in [0.1, 0.15) is 24.5 Å². The molecule has 0 radical (unpaired) electrons. The zero-order valence-corrected chi connectivity index (χ0v) is 30.2. The molecular formula is C37H46ClN5O6S. The summed E-state index contributed by atoms with van der Waals surface area (Å²) in [5.41, 5.74) is 1.76. The van der Waals surface area contributed by atoms with Gasteiger partial charge in [-0.05, 0) is 117 Å². The van der Waals surface area contributed by atoms with E-state index >= 15 is 0 Å². The van der Waals surface area contributed by atoms with Gasteiger partial charge in [-0.1, -0.05) is 31.0 Å². The van der Waals surface area contributed by atoms with Gasteiger partial charge in [0.2, 0.25) is 15.9 Å². The number of ether oxygens (including phenoxy) is 1. The van der Waals surface area contributed by atoms with Gasteiger partial charge in [-0.2, -0.15) is 0 Å². The van der Waals surface area contributed by atoms with Gasteiger partial charge in [0.05, 0.1) is 23.0 Å². The molecule has 0 spiro atoms. The molecule has 2 amide bonds. The van der Waals surface area contributed by atoms with Crippen molar-refractivity contribution >= 4 is 44.9 Å². The van der Waals surface area contributed by atoms with Gasteiger partial charge in [0.25, 0.3) is 5.91 Å². The van der Waals surface area contributed by atoms with Gasteiger partial charge in [-0.25, -0.2) is 23.1 Å². The van der Waals surface area contributed by atoms with Crippen LogP contribution in [0.4, 0.5) is 11.5 Å². The molecule has 5 atom stereocenters. The Hall–Kier alpha value is -3.74. The molecule has 6 rings (SSSR count). The molecule has 268 valence electrons. The number of hydrogen-bond donors (Lipinski definition) is 3. The summed E-state index contributed by atoms with van der Waals surface area (Å²) in [6.07, 6.45) is 8.35. The predicted molar refractivity (Wildman–Crippen MR) is 193 cm³/mol. The number of benzene rings is 2. The Morgan fingerprint density at radius 3 is 2.70 bits per heavy atom. The standard InChI is InChI=1S/C37H46ClN5O6S/c1-24-6-5-15-37(46,20-35(44)41-34-14-16-39-23-40-34)31-12-9-28(31)21-43-17-4-3-7-26-18-30(38)11-8-29(26)22-49-33-13-10-27(19-32(33)43)36(45)42-50(47,48)25(24)2/h8,10-11,13-14,16,18-19,23-25,28,31,46H,3-7,9,12,15,17,20-22H2,1-2H3,(H,42,45)(H,39,40,41,44)/t24-,25+,28-,31+,37+/m0/s1. The van der Waals surface area contributed by atoms with Crippen molar-refractivity contribution in [1.29, 1.82) is 0 Å². The Balaban J connectivity index is 1.36. The number of nitrogens with one attached hydrogen (secondary N) is 2. The maximum atomic E-state index is 13.5. The SMILES string of the molecule is C[C@@H]1[C@@H](C)CCC[C@@](O)(CC(=O)Nc2ccncn2)[C@@H]2CC[C@H]2CN2CCCCc3cc(Cl)ccc3COc3ccc(cc32)C(=O)NS1(=O)=O. The van der Waals surface area contributed by atoms with E-state index in [0.717, 1.165) is 43.2 Å². The van der Waals surface area contributed by atoms with E-state index in [0.29, 0.717) is 61.2 Å². The average Bonchev–Trinajstić information content (AvgIpc) is 3.09. The Kier molecular flexibility index (Phi) is 11.0. The number of aliphatic hydroxyl groups is 1. The minimum Gasteiger partial charge on any atom is -0.487 e. The molecule has 3 N–H and O–H groups in total. The van der Waals surface area contributed by atoms with Gasteiger partial charge < -0.3 is 20.1 Å². The quantitative estimate of drug-likeness (QED) is 0.300. The number of carbonyl (C=O) groups is 2. The van der Waals surface area contributed by atoms with Crippen molar-refractivity contribution in [3.05, 3.63) is 76.7 Å². The molecule has 2 aliphatic heterocycles. The van der Waals surface area contributed by atoms with Gasteiger partial charge in [-0.15, -0.1) is 0 Å². The molecule has 0 saturated heterocycles. The van der Waals surface area contributed by atoms with E-state index in [4.69, 9.17) is 16.3 Å². The summed E-state index contributed by atoms with van der Waals surface area (Å²) in [6, 6.07) is 12.5. The minimum absolute atomic E-state index is 0.0722. The van der Waals surface area contributed by atoms with Crippen LogP contribution in [-0.2, 0) is 27.8 Å². The molecule has 1 fully saturated rings. The van der Waals surface area contributed by atoms with E-state index < -0.39 is 26.8 Å². The van der Waals surface area contributed by atoms with Gasteiger partial charge in [0, 0.05) is 29.9 Å². The summed E-state index contributed by atoms with van der Waals surface area (Å²) in [6.45, 7) is 4.97. The number of sulfonamides is 1. The molecule has 1 aromatic heterocycles. The summed E-state index contributed by atoms with van der Waals surface area (Å²) in [5, 5.41) is 15.0. The van der Waals surface area contributed by atoms with Crippen LogP contribution in [0, 0.1) is 17.8 Å². The third-order valence-corrected chi connectivity index (χ3v) is 13.1. The first kappa shape index (κ1) is 36.1. The van der Waals surface area contributed by atoms with Crippen LogP contribution < -0.4 is 19.7 Å². The van der Waals surface area contributed by atoms with Crippen molar-refractivity contribution < 1.29 is 27.9 Å². The molecule has 1 aliphatic carbocycles. The highest BCUT2D eigenvalue weighted by Crippen LogP contribution is 2.47. The number of amides is 2. The molecule has 1 saturated carbocycles. The van der Waals surface area contributed by atoms with E-state index in [-0.39, 0.29) is 35.6 Å². The fourth-order valence-electron chi connectivity index (χ4n) is 7.64. The Morgan fingerprint density at radius 1 is 1.10 bits per heavy atom. The number of nitrogens with zero attached hydrogens (tertiary/aromatic N) is 3. The summed E-state index contributed by atoms with van der Waals surface area (Å²) in [5.74, 6) is -0.479. The number of fused-ring (bicyclic) bond motifs is 3. The number of aromatic nitrogens is 2. The Bertz CT molecular complexity index is 1810. The van der Waals surface area contributed by atoms with E-state index in [2.05, 4.69) is 24.9 Å². The number of rotatable bonds is 3. The Morgan fingerprint density at radius 2 is 1.94 bits per heavy atom. The highest BCUT2D eigenvalue weighted by molar-refractivity contribution is 7.90. The van der Waals surface area contributed by atoms with E-state index in [1.54, 1.807) is 37.4 Å². The molecule has 13 heteroatoms. The van der Waals surface area contributed by atoms with Crippen LogP contribution in [0.25, 0.3) is 0 Å². The second kappa shape index (κ2) is 15.2. The van der Waals surface area contributed by atoms with Crippen LogP contribution in [0.2, 0.25) is 5.02 Å². The van der Waals surface area contributed by atoms with Crippen LogP contribution >= 0.6 is 11.6 Å². The van der Waals surface area contributed by atoms with Gasteiger partial charge >= 0.3 is 0 Å². The third kappa shape index (κ3) is 8.24. The summed E-state index contributed by atoms with van der Waals surface area (Å²) in [7, 11) is -4.02. The molecular weight excluding hydrogens is 678 g/mol. The lowest BCUT2D eigenvalue weighted by atomic mass is 9.62. The maximum Gasteiger partial charge on any atom is 0.264 e. The first-order valence-electron chi connectivity index (χ1n) is 17.5. The van der Waals surface area contributed by atoms with Crippen molar-refractivity contribution in [3.8, 4) is 5.75 Å². The maximum absolute atomic E-state index is 13.5. The van der Waals surface area contributed by atoms with E-state index in [1.807, 2.05) is 25.1 Å². The molecule has 0 unspecified atom stereocenters. The van der Waals surface area contributed by atoms with Crippen molar-refractivity contribution in [2.45, 2.75) is 89.1 Å². The van der Waals surface area contributed by atoms with Crippen molar-refractivity contribution in [2.75, 3.05) is 23.3 Å². The Labute approximate surface area is 299 Å². The zero-order valence-electron chi connectivity index (χ0n) is 28.6. The predicted octanol–water partition coefficient (Wildman–Crippen LogP) is 5.91. The minimum atomic E-state index is -4.02. The second-order valence-corrected chi connectivity index (χ2v) is 16.7. The molecule has 11 nitrogen and oxygen atoms in total. The van der Waals surface area contributed by atoms with Crippen molar-refractivity contribution in [2.24, 2.45) is 17.8 Å². The van der Waals surface area contributed by atoms with Crippen LogP contribution in [0.5, 0.6) is 5.75 Å². The largest absolute Gasteiger partial charge is 0.487 e. The molecule has 3 aromatic rings. The van der Waals surface area contributed by atoms with Crippen LogP contribution in [0.15, 0.2) is 55.0 Å². The number of carbonyl (C=O) groups excluding carboxylic acids is 2. The van der Waals surface area contributed by atoms with Crippen LogP contribution in [-0.4, -0.2) is 59.2 Å². The van der Waals surface area contributed by atoms with E-state index in [1.165, 1.54) is 6.33 Å². The van der Waals surface area contributed by atoms with E-state index in [9.17, 15) is 23.1 Å². The second-order valence-electron chi connectivity index (χ2n) is 14.2. The molecule has 2 aromatic carbocycles. The average molecular weight is 724 g/mol. The summed E-state index contributed by atoms with van der Waals surface area (Å²) < 4.78 is 35.6. The smallest absolute Gasteiger partial charge is 0.264 e. The first-order valence-corrected chi connectivity index (χ1v) is 19.5. The van der Waals surface area contributed by atoms with Crippen molar-refractivity contribution in [3.63, 3.8) is 0 Å². The highest BCUT2D eigenvalue weighted by atomic mass is 35.5. The number of halogens is 1.